The summed E-state index contributed by atoms with van der Waals surface area (Å²) in [5, 5.41) is 270. The van der Waals surface area contributed by atoms with E-state index < -0.39 is 0 Å². The SMILES string of the molecule is Cc1c(O)ccc(O)c1C.Cc1c(O)cccc1O.Cc1cc(C)c(O)c(O)c1.Cc1cc(C)c(O)cc1O.Cc1cc(O)c(C)c(O)c1.Cc1cc(O)c(C)cc1O.Cc1cc(O)cc(C)c1O.Cc1cc(O)cc(O)c1.Cc1cc(O)ccc1O.Cc1cc(O)ccc1O.Cc1ccc(C)c(O)c1O.Cc1ccc(O)c(C)c1O.Cc1ccc(O)c(O)c1.Cc1ccc(O)cc1O.Cc1cccc(O)c1O. The number of aromatic hydroxyl groups is 30. The van der Waals surface area contributed by atoms with Crippen LogP contribution < -0.4 is 0 Å². The second-order valence-electron chi connectivity index (χ2n) is 33.1. The predicted molar refractivity (Wildman–Crippen MR) is 556 cm³/mol. The zero-order valence-electron chi connectivity index (χ0n) is 84.3. The molecule has 0 aliphatic heterocycles. The van der Waals surface area contributed by atoms with Gasteiger partial charge in [0, 0.05) is 34.9 Å². The first-order valence-corrected chi connectivity index (χ1v) is 43.6. The molecular weight excluding hydrogens is 1840 g/mol. The molecule has 0 atom stereocenters. The van der Waals surface area contributed by atoms with E-state index in [4.69, 9.17) is 143 Å². The minimum atomic E-state index is -0.0689. The second kappa shape index (κ2) is 59.4. The molecule has 0 heterocycles. The maximum atomic E-state index is 9.23. The van der Waals surface area contributed by atoms with Crippen LogP contribution in [0.4, 0.5) is 0 Å². The Labute approximate surface area is 833 Å². The van der Waals surface area contributed by atoms with Gasteiger partial charge in [-0.1, -0.05) is 54.6 Å². The van der Waals surface area contributed by atoms with Gasteiger partial charge in [-0.3, -0.25) is 0 Å². The molecule has 30 N–H and O–H groups in total. The van der Waals surface area contributed by atoms with E-state index in [0.717, 1.165) is 55.6 Å². The number of aryl methyl sites for hydroxylation is 18. The third-order valence-electron chi connectivity index (χ3n) is 20.5. The molecule has 768 valence electrons. The van der Waals surface area contributed by atoms with Crippen LogP contribution in [-0.4, -0.2) is 153 Å². The number of phenols is 30. The monoisotopic (exact) mass is 1970 g/mol. The highest BCUT2D eigenvalue weighted by Crippen LogP contribution is 2.37. The van der Waals surface area contributed by atoms with E-state index in [1.165, 1.54) is 121 Å². The average molecular weight is 1970 g/mol. The molecule has 0 fully saturated rings. The number of hydrogen-bond acceptors (Lipinski definition) is 30. The lowest BCUT2D eigenvalue weighted by molar-refractivity contribution is 0.398. The van der Waals surface area contributed by atoms with Crippen molar-refractivity contribution < 1.29 is 153 Å². The van der Waals surface area contributed by atoms with Crippen molar-refractivity contribution in [3.63, 3.8) is 0 Å². The van der Waals surface area contributed by atoms with E-state index in [-0.39, 0.29) is 172 Å². The third-order valence-corrected chi connectivity index (χ3v) is 20.5. The summed E-state index contributed by atoms with van der Waals surface area (Å²) >= 11 is 0. The fourth-order valence-corrected chi connectivity index (χ4v) is 11.2. The largest absolute Gasteiger partial charge is 0.508 e. The highest BCUT2D eigenvalue weighted by Gasteiger charge is 2.11. The molecule has 15 aromatic carbocycles. The first kappa shape index (κ1) is 123. The lowest BCUT2D eigenvalue weighted by atomic mass is 10.1. The van der Waals surface area contributed by atoms with Crippen LogP contribution in [0.2, 0.25) is 0 Å². The molecule has 0 spiro atoms. The van der Waals surface area contributed by atoms with Crippen molar-refractivity contribution in [1.82, 2.24) is 0 Å². The van der Waals surface area contributed by atoms with Gasteiger partial charge in [0.25, 0.3) is 0 Å². The molecule has 143 heavy (non-hydrogen) atoms. The molecule has 15 aromatic rings. The van der Waals surface area contributed by atoms with E-state index in [9.17, 15) is 10.2 Å². The van der Waals surface area contributed by atoms with Gasteiger partial charge in [-0.25, -0.2) is 0 Å². The number of rotatable bonds is 0. The number of phenolic OH excluding ortho intramolecular Hbond substituents is 30. The Hall–Kier alpha value is -17.7. The van der Waals surface area contributed by atoms with Crippen LogP contribution >= 0.6 is 0 Å². The minimum absolute atomic E-state index is 0.0139. The van der Waals surface area contributed by atoms with Gasteiger partial charge in [-0.15, -0.1) is 0 Å². The molecule has 30 heteroatoms. The molecule has 0 amide bonds. The predicted octanol–water partition coefficient (Wildman–Crippen LogP) is 23.6. The van der Waals surface area contributed by atoms with Crippen LogP contribution in [-0.2, 0) is 0 Å². The molecule has 0 aliphatic carbocycles. The van der Waals surface area contributed by atoms with Gasteiger partial charge in [0.2, 0.25) is 0 Å². The van der Waals surface area contributed by atoms with Gasteiger partial charge in [0.05, 0.1) is 0 Å². The van der Waals surface area contributed by atoms with Crippen molar-refractivity contribution in [3.8, 4) is 172 Å². The van der Waals surface area contributed by atoms with E-state index in [1.807, 2.05) is 26.8 Å². The minimum Gasteiger partial charge on any atom is -0.508 e. The summed E-state index contributed by atoms with van der Waals surface area (Å²) in [6, 6.07) is 57.6. The van der Waals surface area contributed by atoms with Crippen molar-refractivity contribution in [2.75, 3.05) is 0 Å². The Kier molecular flexibility index (Phi) is 51.3. The normalized spacial score (nSPS) is 9.64. The summed E-state index contributed by atoms with van der Waals surface area (Å²) in [5.41, 5.74) is 16.8. The zero-order chi connectivity index (χ0) is 110. The van der Waals surface area contributed by atoms with Gasteiger partial charge in [0.1, 0.15) is 126 Å². The van der Waals surface area contributed by atoms with Crippen LogP contribution in [0.1, 0.15) is 128 Å². The number of benzene rings is 15. The summed E-state index contributed by atoms with van der Waals surface area (Å²) in [6.07, 6.45) is 0. The molecule has 30 nitrogen and oxygen atoms in total. The maximum absolute atomic E-state index is 9.23. The van der Waals surface area contributed by atoms with Crippen LogP contribution in [0.5, 0.6) is 172 Å². The summed E-state index contributed by atoms with van der Waals surface area (Å²) in [6.45, 7) is 40.5. The molecule has 0 aromatic heterocycles. The summed E-state index contributed by atoms with van der Waals surface area (Å²) < 4.78 is 0. The number of para-hydroxylation sites is 1. The molecule has 0 saturated heterocycles. The average Bonchev–Trinajstić information content (AvgIpc) is 0.864. The second-order valence-corrected chi connectivity index (χ2v) is 33.1. The standard InChI is InChI=1S/8C8H10O2.7C7H8O2/c1-5-3-8(10)6(2)4-7(5)9;1-5-3-7(9)4-6(2)8(5)10;1-5-3-6(2)8(10)4-7(5)9;1-5-3-7(9)6(2)8(10)4-5;1-5-3-6(2)8(10)7(9)4-5;1-5-6(2)8(10)4-3-7(5)9;1-5-3-4-7(9)6(2)8(5)10;1-5-3-4-6(2)8(10)7(5)9;1-5-2-6(8)4-7(9)3-5;2*1-5-4-6(8)2-3-7(5)9;1-5-2-3-6(8)4-7(5)9;1-5-2-3-6(8)7(9)4-5;1-5-6(8)3-2-4-7(5)9;1-5-3-2-4-6(8)7(5)9/h8*3-4,9-10H,1-2H3;7*2-4,8-9H,1H3. The van der Waals surface area contributed by atoms with Crippen molar-refractivity contribution in [2.24, 2.45) is 0 Å². The molecule has 0 radical (unpaired) electrons. The summed E-state index contributed by atoms with van der Waals surface area (Å²) in [5.74, 6) is 3.49. The quantitative estimate of drug-likeness (QED) is 0.0495. The number of hydrogen-bond donors (Lipinski definition) is 30. The first-order valence-electron chi connectivity index (χ1n) is 43.6. The first-order chi connectivity index (χ1) is 66.3. The molecular formula is C113H136O30. The summed E-state index contributed by atoms with van der Waals surface area (Å²) in [7, 11) is 0. The van der Waals surface area contributed by atoms with Crippen LogP contribution in [0.15, 0.2) is 224 Å². The van der Waals surface area contributed by atoms with Crippen molar-refractivity contribution in [1.29, 1.82) is 0 Å². The van der Waals surface area contributed by atoms with Gasteiger partial charge in [-0.05, 0) is 422 Å². The summed E-state index contributed by atoms with van der Waals surface area (Å²) in [4.78, 5) is 0. The van der Waals surface area contributed by atoms with Gasteiger partial charge >= 0.3 is 0 Å². The van der Waals surface area contributed by atoms with E-state index in [2.05, 4.69) is 0 Å². The van der Waals surface area contributed by atoms with Crippen molar-refractivity contribution >= 4 is 0 Å². The Morgan fingerprint density at radius 1 is 0.105 bits per heavy atom. The Morgan fingerprint density at radius 3 is 0.741 bits per heavy atom. The van der Waals surface area contributed by atoms with E-state index in [0.29, 0.717) is 72.3 Å². The van der Waals surface area contributed by atoms with Gasteiger partial charge in [0.15, 0.2) is 46.0 Å². The highest BCUT2D eigenvalue weighted by atomic mass is 16.3. The van der Waals surface area contributed by atoms with Crippen LogP contribution in [0.3, 0.4) is 0 Å². The maximum Gasteiger partial charge on any atom is 0.160 e. The Morgan fingerprint density at radius 2 is 0.378 bits per heavy atom. The molecule has 0 aliphatic rings. The molecule has 15 rings (SSSR count). The van der Waals surface area contributed by atoms with Crippen molar-refractivity contribution in [2.45, 2.75) is 159 Å². The van der Waals surface area contributed by atoms with Crippen molar-refractivity contribution in [3.05, 3.63) is 352 Å². The Bertz CT molecular complexity index is 5730. The smallest absolute Gasteiger partial charge is 0.160 e. The molecule has 0 bridgehead atoms. The lowest BCUT2D eigenvalue weighted by Gasteiger charge is -2.03. The fourth-order valence-electron chi connectivity index (χ4n) is 11.2. The fraction of sp³-hybridized carbons (Fsp3) is 0.204. The molecule has 0 unspecified atom stereocenters. The lowest BCUT2D eigenvalue weighted by Crippen LogP contribution is -1.81. The topological polar surface area (TPSA) is 607 Å². The zero-order valence-corrected chi connectivity index (χ0v) is 84.3. The third kappa shape index (κ3) is 44.1. The van der Waals surface area contributed by atoms with Crippen LogP contribution in [0.25, 0.3) is 0 Å². The van der Waals surface area contributed by atoms with E-state index >= 15 is 0 Å². The van der Waals surface area contributed by atoms with Gasteiger partial charge in [-0.2, -0.15) is 0 Å². The highest BCUT2D eigenvalue weighted by molar-refractivity contribution is 5.54. The Balaban J connectivity index is 0.000000766. The van der Waals surface area contributed by atoms with Gasteiger partial charge < -0.3 is 153 Å². The molecule has 0 saturated carbocycles. The van der Waals surface area contributed by atoms with E-state index in [1.54, 1.807) is 236 Å². The van der Waals surface area contributed by atoms with Crippen LogP contribution in [0, 0.1) is 159 Å².